The number of carbonyl (C=O) groups is 2. The summed E-state index contributed by atoms with van der Waals surface area (Å²) in [6.07, 6.45) is 3.41. The number of rotatable bonds is 7. The van der Waals surface area contributed by atoms with Gasteiger partial charge in [0.25, 0.3) is 0 Å². The van der Waals surface area contributed by atoms with Crippen molar-refractivity contribution in [2.75, 3.05) is 25.0 Å². The number of carboxylic acids is 1. The first kappa shape index (κ1) is 15.6. The molecule has 0 spiro atoms. The van der Waals surface area contributed by atoms with Crippen LogP contribution in [0, 0.1) is 0 Å². The van der Waals surface area contributed by atoms with Crippen LogP contribution in [0.3, 0.4) is 0 Å². The summed E-state index contributed by atoms with van der Waals surface area (Å²) in [5.41, 5.74) is 0. The van der Waals surface area contributed by atoms with E-state index in [0.29, 0.717) is 10.8 Å². The van der Waals surface area contributed by atoms with E-state index in [1.807, 2.05) is 0 Å². The Kier molecular flexibility index (Phi) is 5.01. The maximum Gasteiger partial charge on any atom is 0.305 e. The van der Waals surface area contributed by atoms with E-state index in [1.165, 1.54) is 6.20 Å². The van der Waals surface area contributed by atoms with Crippen molar-refractivity contribution in [3.05, 3.63) is 23.4 Å². The summed E-state index contributed by atoms with van der Waals surface area (Å²) >= 11 is 5.78. The van der Waals surface area contributed by atoms with Gasteiger partial charge in [-0.25, -0.2) is 4.98 Å². The second-order valence-corrected chi connectivity index (χ2v) is 5.59. The summed E-state index contributed by atoms with van der Waals surface area (Å²) in [5, 5.41) is 9.30. The summed E-state index contributed by atoms with van der Waals surface area (Å²) in [6.45, 7) is 0.436. The zero-order valence-corrected chi connectivity index (χ0v) is 12.6. The molecule has 1 heterocycles. The number of halogens is 1. The molecule has 0 saturated heterocycles. The van der Waals surface area contributed by atoms with Crippen molar-refractivity contribution in [2.24, 2.45) is 0 Å². The van der Waals surface area contributed by atoms with Crippen LogP contribution < -0.4 is 4.90 Å². The zero-order valence-electron chi connectivity index (χ0n) is 11.8. The fraction of sp³-hybridized carbons (Fsp3) is 0.500. The minimum absolute atomic E-state index is 0.0227. The Morgan fingerprint density at radius 2 is 2.14 bits per heavy atom. The van der Waals surface area contributed by atoms with Gasteiger partial charge in [-0.05, 0) is 25.0 Å². The van der Waals surface area contributed by atoms with Crippen molar-refractivity contribution in [1.82, 2.24) is 9.88 Å². The minimum Gasteiger partial charge on any atom is -0.481 e. The maximum atomic E-state index is 12.3. The van der Waals surface area contributed by atoms with Gasteiger partial charge in [0, 0.05) is 25.8 Å². The number of hydrogen-bond acceptors (Lipinski definition) is 4. The normalized spacial score (nSPS) is 13.8. The number of aliphatic carboxylic acids is 1. The number of amides is 1. The SMILES string of the molecule is CN(CC(=O)N(CCC(=O)O)C1CC1)c1ccc(Cl)cn1. The van der Waals surface area contributed by atoms with E-state index in [2.05, 4.69) is 4.98 Å². The Labute approximate surface area is 128 Å². The van der Waals surface area contributed by atoms with E-state index in [0.717, 1.165) is 12.8 Å². The summed E-state index contributed by atoms with van der Waals surface area (Å²) in [4.78, 5) is 30.6. The molecule has 0 aliphatic heterocycles. The van der Waals surface area contributed by atoms with Crippen LogP contribution in [-0.2, 0) is 9.59 Å². The van der Waals surface area contributed by atoms with Crippen LogP contribution in [-0.4, -0.2) is 53.0 Å². The number of anilines is 1. The van der Waals surface area contributed by atoms with E-state index in [1.54, 1.807) is 29.0 Å². The monoisotopic (exact) mass is 311 g/mol. The van der Waals surface area contributed by atoms with Gasteiger partial charge < -0.3 is 14.9 Å². The lowest BCUT2D eigenvalue weighted by molar-refractivity contribution is -0.138. The van der Waals surface area contributed by atoms with Gasteiger partial charge in [0.2, 0.25) is 5.91 Å². The molecule has 1 saturated carbocycles. The van der Waals surface area contributed by atoms with Crippen LogP contribution in [0.5, 0.6) is 0 Å². The lowest BCUT2D eigenvalue weighted by Crippen LogP contribution is -2.41. The molecule has 0 unspecified atom stereocenters. The Hall–Kier alpha value is -1.82. The standard InChI is InChI=1S/C14H18ClN3O3/c1-17(12-5-2-10(15)8-16-12)9-13(19)18(11-3-4-11)7-6-14(20)21/h2,5,8,11H,3-4,6-7,9H2,1H3,(H,20,21). The Morgan fingerprint density at radius 1 is 1.43 bits per heavy atom. The average Bonchev–Trinajstić information content (AvgIpc) is 3.23. The molecule has 6 nitrogen and oxygen atoms in total. The molecule has 1 aliphatic rings. The predicted octanol–water partition coefficient (Wildman–Crippen LogP) is 1.64. The molecule has 0 aromatic carbocycles. The fourth-order valence-electron chi connectivity index (χ4n) is 2.08. The molecule has 21 heavy (non-hydrogen) atoms. The van der Waals surface area contributed by atoms with E-state index in [9.17, 15) is 9.59 Å². The summed E-state index contributed by atoms with van der Waals surface area (Å²) < 4.78 is 0. The summed E-state index contributed by atoms with van der Waals surface area (Å²) in [7, 11) is 1.77. The van der Waals surface area contributed by atoms with E-state index < -0.39 is 5.97 Å². The van der Waals surface area contributed by atoms with Crippen molar-refractivity contribution >= 4 is 29.3 Å². The van der Waals surface area contributed by atoms with Gasteiger partial charge in [-0.3, -0.25) is 9.59 Å². The highest BCUT2D eigenvalue weighted by atomic mass is 35.5. The number of likely N-dealkylation sites (N-methyl/N-ethyl adjacent to an activating group) is 1. The molecule has 1 aromatic rings. The van der Waals surface area contributed by atoms with Crippen LogP contribution in [0.4, 0.5) is 5.82 Å². The lowest BCUT2D eigenvalue weighted by atomic mass is 10.3. The topological polar surface area (TPSA) is 73.7 Å². The second kappa shape index (κ2) is 6.76. The average molecular weight is 312 g/mol. The third-order valence-corrected chi connectivity index (χ3v) is 3.57. The number of carbonyl (C=O) groups excluding carboxylic acids is 1. The lowest BCUT2D eigenvalue weighted by Gasteiger charge is -2.25. The summed E-state index contributed by atoms with van der Waals surface area (Å²) in [5.74, 6) is -0.305. The molecule has 1 N–H and O–H groups in total. The fourth-order valence-corrected chi connectivity index (χ4v) is 2.19. The van der Waals surface area contributed by atoms with Crippen LogP contribution in [0.15, 0.2) is 18.3 Å². The van der Waals surface area contributed by atoms with Crippen LogP contribution >= 0.6 is 11.6 Å². The van der Waals surface area contributed by atoms with Crippen molar-refractivity contribution in [3.63, 3.8) is 0 Å². The highest BCUT2D eigenvalue weighted by Crippen LogP contribution is 2.27. The maximum absolute atomic E-state index is 12.3. The van der Waals surface area contributed by atoms with Crippen molar-refractivity contribution in [3.8, 4) is 0 Å². The molecule has 1 amide bonds. The number of aromatic nitrogens is 1. The van der Waals surface area contributed by atoms with E-state index >= 15 is 0 Å². The first-order valence-electron chi connectivity index (χ1n) is 6.81. The van der Waals surface area contributed by atoms with E-state index in [-0.39, 0.29) is 31.5 Å². The molecule has 1 aliphatic carbocycles. The van der Waals surface area contributed by atoms with Crippen molar-refractivity contribution in [2.45, 2.75) is 25.3 Å². The molecule has 1 fully saturated rings. The molecule has 114 valence electrons. The number of carboxylic acid groups (broad SMARTS) is 1. The molecule has 0 bridgehead atoms. The van der Waals surface area contributed by atoms with Crippen molar-refractivity contribution < 1.29 is 14.7 Å². The minimum atomic E-state index is -0.888. The van der Waals surface area contributed by atoms with Crippen LogP contribution in [0.2, 0.25) is 5.02 Å². The Bertz CT molecular complexity index is 517. The van der Waals surface area contributed by atoms with Gasteiger partial charge in [-0.2, -0.15) is 0 Å². The quantitative estimate of drug-likeness (QED) is 0.828. The number of nitrogens with zero attached hydrogens (tertiary/aromatic N) is 3. The molecule has 7 heteroatoms. The second-order valence-electron chi connectivity index (χ2n) is 5.15. The van der Waals surface area contributed by atoms with Crippen LogP contribution in [0.25, 0.3) is 0 Å². The molecular formula is C14H18ClN3O3. The Morgan fingerprint density at radius 3 is 2.67 bits per heavy atom. The van der Waals surface area contributed by atoms with Gasteiger partial charge in [-0.1, -0.05) is 11.6 Å². The highest BCUT2D eigenvalue weighted by Gasteiger charge is 2.32. The van der Waals surface area contributed by atoms with Gasteiger partial charge in [0.05, 0.1) is 18.0 Å². The zero-order chi connectivity index (χ0) is 15.4. The van der Waals surface area contributed by atoms with Gasteiger partial charge in [0.15, 0.2) is 0 Å². The highest BCUT2D eigenvalue weighted by molar-refractivity contribution is 6.30. The third kappa shape index (κ3) is 4.60. The smallest absolute Gasteiger partial charge is 0.305 e. The van der Waals surface area contributed by atoms with Crippen LogP contribution in [0.1, 0.15) is 19.3 Å². The van der Waals surface area contributed by atoms with Gasteiger partial charge in [0.1, 0.15) is 5.82 Å². The third-order valence-electron chi connectivity index (χ3n) is 3.35. The molecule has 0 atom stereocenters. The molecule has 2 rings (SSSR count). The first-order valence-corrected chi connectivity index (χ1v) is 7.19. The first-order chi connectivity index (χ1) is 9.97. The van der Waals surface area contributed by atoms with Crippen molar-refractivity contribution in [1.29, 1.82) is 0 Å². The van der Waals surface area contributed by atoms with Gasteiger partial charge in [-0.15, -0.1) is 0 Å². The molecular weight excluding hydrogens is 294 g/mol. The molecule has 1 aromatic heterocycles. The predicted molar refractivity (Wildman–Crippen MR) is 79.5 cm³/mol. The largest absolute Gasteiger partial charge is 0.481 e. The summed E-state index contributed by atoms with van der Waals surface area (Å²) in [6, 6.07) is 3.66. The van der Waals surface area contributed by atoms with E-state index in [4.69, 9.17) is 16.7 Å². The Balaban J connectivity index is 1.94. The number of hydrogen-bond donors (Lipinski definition) is 1. The molecule has 0 radical (unpaired) electrons. The number of pyridine rings is 1. The van der Waals surface area contributed by atoms with Gasteiger partial charge >= 0.3 is 5.97 Å².